The summed E-state index contributed by atoms with van der Waals surface area (Å²) in [5.74, 6) is 0.448. The molecule has 0 spiro atoms. The Kier molecular flexibility index (Phi) is 9.91. The fraction of sp³-hybridized carbons (Fsp3) is 0.364. The summed E-state index contributed by atoms with van der Waals surface area (Å²) in [6.07, 6.45) is 0. The quantitative estimate of drug-likeness (QED) is 0.342. The molecular formula is C22H27Cl2N3OS2. The van der Waals surface area contributed by atoms with Gasteiger partial charge in [0.2, 0.25) is 5.91 Å². The van der Waals surface area contributed by atoms with E-state index >= 15 is 0 Å². The summed E-state index contributed by atoms with van der Waals surface area (Å²) in [6, 6.07) is 13.9. The maximum absolute atomic E-state index is 13.2. The highest BCUT2D eigenvalue weighted by Gasteiger charge is 2.22. The largest absolute Gasteiger partial charge is 0.302 e. The fourth-order valence-corrected chi connectivity index (χ4v) is 5.21. The van der Waals surface area contributed by atoms with Gasteiger partial charge in [0.1, 0.15) is 0 Å². The van der Waals surface area contributed by atoms with Crippen molar-refractivity contribution in [3.63, 3.8) is 0 Å². The lowest BCUT2D eigenvalue weighted by Crippen LogP contribution is -2.39. The second kappa shape index (κ2) is 11.9. The van der Waals surface area contributed by atoms with Gasteiger partial charge in [-0.15, -0.1) is 24.2 Å². The highest BCUT2D eigenvalue weighted by Crippen LogP contribution is 2.36. The third kappa shape index (κ3) is 6.11. The molecule has 2 aromatic carbocycles. The molecule has 0 saturated heterocycles. The van der Waals surface area contributed by atoms with Gasteiger partial charge in [0.15, 0.2) is 5.13 Å². The van der Waals surface area contributed by atoms with Crippen LogP contribution in [0.5, 0.6) is 0 Å². The average molecular weight is 485 g/mol. The summed E-state index contributed by atoms with van der Waals surface area (Å²) in [7, 11) is 0. The van der Waals surface area contributed by atoms with Crippen LogP contribution in [0.4, 0.5) is 5.13 Å². The Hall–Kier alpha value is -1.31. The molecule has 0 bridgehead atoms. The number of benzene rings is 2. The maximum Gasteiger partial charge on any atom is 0.239 e. The number of thioether (sulfide) groups is 1. The number of nitrogens with zero attached hydrogens (tertiary/aromatic N) is 3. The van der Waals surface area contributed by atoms with Gasteiger partial charge in [-0.25, -0.2) is 4.98 Å². The standard InChI is InChI=1S/C22H26ClN3OS2.ClH/c1-4-25(5-2)13-14-26(19(27)15-28-17-9-7-6-8-10-17)22-24-20-16(3)11-12-18(23)21(20)29-22;/h6-12H,4-5,13-15H2,1-3H3;1H. The van der Waals surface area contributed by atoms with Crippen LogP contribution in [0.15, 0.2) is 47.4 Å². The van der Waals surface area contributed by atoms with E-state index in [0.29, 0.717) is 17.3 Å². The number of rotatable bonds is 9. The maximum atomic E-state index is 13.2. The topological polar surface area (TPSA) is 36.4 Å². The zero-order chi connectivity index (χ0) is 20.8. The summed E-state index contributed by atoms with van der Waals surface area (Å²) < 4.78 is 0.943. The molecular weight excluding hydrogens is 457 g/mol. The number of fused-ring (bicyclic) bond motifs is 1. The van der Waals surface area contributed by atoms with E-state index in [4.69, 9.17) is 16.6 Å². The molecule has 3 rings (SSSR count). The smallest absolute Gasteiger partial charge is 0.239 e. The van der Waals surface area contributed by atoms with E-state index in [1.807, 2.05) is 54.3 Å². The number of amides is 1. The van der Waals surface area contributed by atoms with Gasteiger partial charge in [0.25, 0.3) is 0 Å². The Bertz CT molecular complexity index is 923. The van der Waals surface area contributed by atoms with E-state index < -0.39 is 0 Å². The molecule has 0 fully saturated rings. The van der Waals surface area contributed by atoms with Crippen molar-refractivity contribution in [3.05, 3.63) is 53.1 Å². The van der Waals surface area contributed by atoms with Gasteiger partial charge in [-0.05, 0) is 43.8 Å². The lowest BCUT2D eigenvalue weighted by Gasteiger charge is -2.24. The molecule has 30 heavy (non-hydrogen) atoms. The second-order valence-electron chi connectivity index (χ2n) is 6.71. The molecule has 1 heterocycles. The first-order valence-corrected chi connectivity index (χ1v) is 12.0. The van der Waals surface area contributed by atoms with Crippen LogP contribution in [0, 0.1) is 6.92 Å². The molecule has 0 atom stereocenters. The van der Waals surface area contributed by atoms with Gasteiger partial charge in [-0.2, -0.15) is 0 Å². The Labute approximate surface area is 198 Å². The Balaban J connectivity index is 0.00000320. The zero-order valence-corrected chi connectivity index (χ0v) is 20.6. The van der Waals surface area contributed by atoms with Crippen LogP contribution >= 0.6 is 47.1 Å². The monoisotopic (exact) mass is 483 g/mol. The van der Waals surface area contributed by atoms with Crippen molar-refractivity contribution in [2.45, 2.75) is 25.7 Å². The number of likely N-dealkylation sites (N-methyl/N-ethyl adjacent to an activating group) is 1. The van der Waals surface area contributed by atoms with Crippen LogP contribution in [0.3, 0.4) is 0 Å². The molecule has 8 heteroatoms. The fourth-order valence-electron chi connectivity index (χ4n) is 3.05. The summed E-state index contributed by atoms with van der Waals surface area (Å²) in [5, 5.41) is 1.41. The van der Waals surface area contributed by atoms with Crippen molar-refractivity contribution in [1.82, 2.24) is 9.88 Å². The molecule has 162 valence electrons. The number of thiazole rings is 1. The van der Waals surface area contributed by atoms with Crippen molar-refractivity contribution >= 4 is 68.4 Å². The summed E-state index contributed by atoms with van der Waals surface area (Å²) in [4.78, 5) is 23.2. The molecule has 0 unspecified atom stereocenters. The first kappa shape index (κ1) is 25.0. The van der Waals surface area contributed by atoms with Gasteiger partial charge < -0.3 is 4.90 Å². The molecule has 3 aromatic rings. The molecule has 0 radical (unpaired) electrons. The summed E-state index contributed by atoms with van der Waals surface area (Å²) >= 11 is 9.45. The molecule has 4 nitrogen and oxygen atoms in total. The van der Waals surface area contributed by atoms with E-state index in [2.05, 4.69) is 18.7 Å². The zero-order valence-electron chi connectivity index (χ0n) is 17.4. The van der Waals surface area contributed by atoms with Crippen LogP contribution in [-0.4, -0.2) is 47.7 Å². The van der Waals surface area contributed by atoms with Gasteiger partial charge in [-0.3, -0.25) is 9.69 Å². The Morgan fingerprint density at radius 3 is 2.43 bits per heavy atom. The number of carbonyl (C=O) groups excluding carboxylic acids is 1. The predicted octanol–water partition coefficient (Wildman–Crippen LogP) is 6.15. The number of hydrogen-bond acceptors (Lipinski definition) is 5. The lowest BCUT2D eigenvalue weighted by molar-refractivity contribution is -0.116. The number of carbonyl (C=O) groups is 1. The van der Waals surface area contributed by atoms with E-state index in [-0.39, 0.29) is 18.3 Å². The predicted molar refractivity (Wildman–Crippen MR) is 134 cm³/mol. The third-order valence-corrected chi connectivity index (χ3v) is 7.39. The molecule has 1 amide bonds. The molecule has 0 saturated carbocycles. The normalized spacial score (nSPS) is 11.0. The molecule has 0 aliphatic carbocycles. The van der Waals surface area contributed by atoms with Gasteiger partial charge in [0.05, 0.1) is 21.0 Å². The van der Waals surface area contributed by atoms with Crippen molar-refractivity contribution < 1.29 is 4.79 Å². The van der Waals surface area contributed by atoms with E-state index in [1.54, 1.807) is 11.8 Å². The van der Waals surface area contributed by atoms with Crippen molar-refractivity contribution in [3.8, 4) is 0 Å². The SMILES string of the molecule is CCN(CC)CCN(C(=O)CSc1ccccc1)c1nc2c(C)ccc(Cl)c2s1.Cl. The molecule has 0 aliphatic rings. The van der Waals surface area contributed by atoms with Crippen LogP contribution in [0.25, 0.3) is 10.2 Å². The Morgan fingerprint density at radius 1 is 1.10 bits per heavy atom. The number of aromatic nitrogens is 1. The molecule has 0 N–H and O–H groups in total. The highest BCUT2D eigenvalue weighted by molar-refractivity contribution is 8.00. The van der Waals surface area contributed by atoms with Crippen molar-refractivity contribution in [2.24, 2.45) is 0 Å². The van der Waals surface area contributed by atoms with Gasteiger partial charge in [0, 0.05) is 18.0 Å². The average Bonchev–Trinajstić information content (AvgIpc) is 3.19. The minimum absolute atomic E-state index is 0. The molecule has 0 aliphatic heterocycles. The van der Waals surface area contributed by atoms with E-state index in [9.17, 15) is 4.79 Å². The first-order valence-electron chi connectivity index (χ1n) is 9.79. The van der Waals surface area contributed by atoms with Crippen LogP contribution in [0.1, 0.15) is 19.4 Å². The third-order valence-electron chi connectivity index (χ3n) is 4.86. The van der Waals surface area contributed by atoms with Gasteiger partial charge >= 0.3 is 0 Å². The van der Waals surface area contributed by atoms with Crippen LogP contribution in [-0.2, 0) is 4.79 Å². The minimum Gasteiger partial charge on any atom is -0.302 e. The first-order chi connectivity index (χ1) is 14.0. The number of hydrogen-bond donors (Lipinski definition) is 0. The van der Waals surface area contributed by atoms with E-state index in [1.165, 1.54) is 11.3 Å². The summed E-state index contributed by atoms with van der Waals surface area (Å²) in [6.45, 7) is 9.66. The highest BCUT2D eigenvalue weighted by atomic mass is 35.5. The van der Waals surface area contributed by atoms with Crippen molar-refractivity contribution in [1.29, 1.82) is 0 Å². The van der Waals surface area contributed by atoms with Gasteiger partial charge in [-0.1, -0.05) is 61.1 Å². The van der Waals surface area contributed by atoms with Crippen molar-refractivity contribution in [2.75, 3.05) is 36.8 Å². The Morgan fingerprint density at radius 2 is 1.80 bits per heavy atom. The van der Waals surface area contributed by atoms with Crippen LogP contribution in [0.2, 0.25) is 5.02 Å². The lowest BCUT2D eigenvalue weighted by atomic mass is 10.2. The van der Waals surface area contributed by atoms with E-state index in [0.717, 1.165) is 45.4 Å². The second-order valence-corrected chi connectivity index (χ2v) is 9.15. The number of halogens is 2. The number of anilines is 1. The number of aryl methyl sites for hydroxylation is 1. The molecule has 1 aromatic heterocycles. The van der Waals surface area contributed by atoms with Crippen LogP contribution < -0.4 is 4.90 Å². The minimum atomic E-state index is 0. The summed E-state index contributed by atoms with van der Waals surface area (Å²) in [5.41, 5.74) is 1.95.